The van der Waals surface area contributed by atoms with Crippen LogP contribution in [-0.4, -0.2) is 28.0 Å². The van der Waals surface area contributed by atoms with E-state index < -0.39 is 4.92 Å². The molecule has 1 aromatic heterocycles. The molecular formula is C15H15BrN4O3. The average Bonchev–Trinajstić information content (AvgIpc) is 2.57. The standard InChI is InChI=1S/C15H15BrN4O3/c16-11-4-6-12(7-5-11)23-15-13(20(21)22)14(17-10-18-15)19-8-2-1-3-9-19/h4-7,10H,1-3,8-9H2. The quantitative estimate of drug-likeness (QED) is 0.592. The molecule has 0 saturated carbocycles. The Bertz CT molecular complexity index is 702. The number of hydrogen-bond acceptors (Lipinski definition) is 6. The molecule has 3 rings (SSSR count). The van der Waals surface area contributed by atoms with Gasteiger partial charge in [-0.25, -0.2) is 4.98 Å². The number of hydrogen-bond donors (Lipinski definition) is 0. The van der Waals surface area contributed by atoms with E-state index in [9.17, 15) is 10.1 Å². The topological polar surface area (TPSA) is 81.4 Å². The Balaban J connectivity index is 1.95. The Morgan fingerprint density at radius 1 is 1.13 bits per heavy atom. The highest BCUT2D eigenvalue weighted by Gasteiger charge is 2.29. The molecule has 2 aromatic rings. The molecule has 1 aromatic carbocycles. The van der Waals surface area contributed by atoms with Crippen molar-refractivity contribution in [1.29, 1.82) is 0 Å². The van der Waals surface area contributed by atoms with Gasteiger partial charge >= 0.3 is 11.6 Å². The average molecular weight is 379 g/mol. The number of aromatic nitrogens is 2. The highest BCUT2D eigenvalue weighted by atomic mass is 79.9. The number of halogens is 1. The monoisotopic (exact) mass is 378 g/mol. The van der Waals surface area contributed by atoms with Gasteiger partial charge in [-0.2, -0.15) is 4.98 Å². The number of ether oxygens (including phenoxy) is 1. The third-order valence-corrected chi connectivity index (χ3v) is 4.16. The predicted molar refractivity (Wildman–Crippen MR) is 89.0 cm³/mol. The molecule has 0 spiro atoms. The molecule has 1 fully saturated rings. The molecule has 1 saturated heterocycles. The van der Waals surface area contributed by atoms with Crippen molar-refractivity contribution >= 4 is 27.4 Å². The molecule has 0 amide bonds. The van der Waals surface area contributed by atoms with Crippen molar-refractivity contribution in [1.82, 2.24) is 9.97 Å². The lowest BCUT2D eigenvalue weighted by Crippen LogP contribution is -2.30. The zero-order valence-electron chi connectivity index (χ0n) is 12.3. The maximum absolute atomic E-state index is 11.5. The molecule has 0 N–H and O–H groups in total. The van der Waals surface area contributed by atoms with E-state index in [0.717, 1.165) is 36.8 Å². The van der Waals surface area contributed by atoms with Gasteiger partial charge in [-0.15, -0.1) is 0 Å². The van der Waals surface area contributed by atoms with Crippen LogP contribution in [0.5, 0.6) is 11.6 Å². The molecule has 1 aliphatic rings. The van der Waals surface area contributed by atoms with E-state index >= 15 is 0 Å². The van der Waals surface area contributed by atoms with E-state index in [1.54, 1.807) is 24.3 Å². The van der Waals surface area contributed by atoms with Gasteiger partial charge in [0, 0.05) is 17.6 Å². The summed E-state index contributed by atoms with van der Waals surface area (Å²) in [5.41, 5.74) is -0.183. The van der Waals surface area contributed by atoms with Crippen molar-refractivity contribution in [3.05, 3.63) is 45.2 Å². The summed E-state index contributed by atoms with van der Waals surface area (Å²) in [5.74, 6) is 0.782. The second kappa shape index (κ2) is 6.91. The van der Waals surface area contributed by atoms with E-state index in [2.05, 4.69) is 25.9 Å². The second-order valence-corrected chi connectivity index (χ2v) is 6.13. The van der Waals surface area contributed by atoms with Crippen LogP contribution in [0.4, 0.5) is 11.5 Å². The summed E-state index contributed by atoms with van der Waals surface area (Å²) in [7, 11) is 0. The third kappa shape index (κ3) is 3.58. The Morgan fingerprint density at radius 2 is 1.83 bits per heavy atom. The molecule has 8 heteroatoms. The molecular weight excluding hydrogens is 364 g/mol. The largest absolute Gasteiger partial charge is 0.434 e. The van der Waals surface area contributed by atoms with Crippen LogP contribution in [-0.2, 0) is 0 Å². The normalized spacial score (nSPS) is 14.6. The highest BCUT2D eigenvalue weighted by molar-refractivity contribution is 9.10. The highest BCUT2D eigenvalue weighted by Crippen LogP contribution is 2.37. The Kier molecular flexibility index (Phi) is 4.71. The lowest BCUT2D eigenvalue weighted by atomic mass is 10.1. The molecule has 0 unspecified atom stereocenters. The van der Waals surface area contributed by atoms with Gasteiger partial charge in [0.15, 0.2) is 0 Å². The summed E-state index contributed by atoms with van der Waals surface area (Å²) in [4.78, 5) is 21.1. The number of benzene rings is 1. The summed E-state index contributed by atoms with van der Waals surface area (Å²) in [6.07, 6.45) is 4.46. The van der Waals surface area contributed by atoms with E-state index in [1.165, 1.54) is 6.33 Å². The van der Waals surface area contributed by atoms with Gasteiger partial charge < -0.3 is 9.64 Å². The summed E-state index contributed by atoms with van der Waals surface area (Å²) < 4.78 is 6.52. The lowest BCUT2D eigenvalue weighted by molar-refractivity contribution is -0.385. The molecule has 1 aliphatic heterocycles. The van der Waals surface area contributed by atoms with Gasteiger partial charge in [0.1, 0.15) is 12.1 Å². The minimum atomic E-state index is -0.474. The molecule has 7 nitrogen and oxygen atoms in total. The Hall–Kier alpha value is -2.22. The van der Waals surface area contributed by atoms with Crippen LogP contribution in [0.25, 0.3) is 0 Å². The summed E-state index contributed by atoms with van der Waals surface area (Å²) in [6, 6.07) is 7.04. The fourth-order valence-corrected chi connectivity index (χ4v) is 2.80. The van der Waals surface area contributed by atoms with Crippen molar-refractivity contribution in [3.8, 4) is 11.6 Å². The minimum absolute atomic E-state index is 0.0344. The Labute approximate surface area is 141 Å². The Morgan fingerprint density at radius 3 is 2.48 bits per heavy atom. The maximum atomic E-state index is 11.5. The number of piperidine rings is 1. The van der Waals surface area contributed by atoms with Gasteiger partial charge in [0.25, 0.3) is 0 Å². The van der Waals surface area contributed by atoms with Crippen molar-refractivity contribution in [2.75, 3.05) is 18.0 Å². The molecule has 2 heterocycles. The molecule has 23 heavy (non-hydrogen) atoms. The number of rotatable bonds is 4. The zero-order chi connectivity index (χ0) is 16.2. The number of nitro groups is 1. The predicted octanol–water partition coefficient (Wildman–Crippen LogP) is 3.93. The van der Waals surface area contributed by atoms with Crippen LogP contribution in [0, 0.1) is 10.1 Å². The van der Waals surface area contributed by atoms with E-state index in [4.69, 9.17) is 4.74 Å². The SMILES string of the molecule is O=[N+]([O-])c1c(Oc2ccc(Br)cc2)ncnc1N1CCCCC1. The molecule has 0 radical (unpaired) electrons. The van der Waals surface area contributed by atoms with E-state index in [1.807, 2.05) is 4.90 Å². The minimum Gasteiger partial charge on any atom is -0.434 e. The first-order chi connectivity index (χ1) is 11.1. The van der Waals surface area contributed by atoms with Gasteiger partial charge in [0.2, 0.25) is 5.82 Å². The zero-order valence-corrected chi connectivity index (χ0v) is 13.9. The van der Waals surface area contributed by atoms with Gasteiger partial charge in [-0.1, -0.05) is 15.9 Å². The first-order valence-corrected chi connectivity index (χ1v) is 8.12. The first kappa shape index (κ1) is 15.7. The van der Waals surface area contributed by atoms with Crippen molar-refractivity contribution < 1.29 is 9.66 Å². The lowest BCUT2D eigenvalue weighted by Gasteiger charge is -2.27. The third-order valence-electron chi connectivity index (χ3n) is 3.64. The van der Waals surface area contributed by atoms with E-state index in [-0.39, 0.29) is 11.6 Å². The molecule has 0 bridgehead atoms. The fourth-order valence-electron chi connectivity index (χ4n) is 2.54. The van der Waals surface area contributed by atoms with Crippen LogP contribution < -0.4 is 9.64 Å². The molecule has 0 atom stereocenters. The smallest absolute Gasteiger partial charge is 0.373 e. The van der Waals surface area contributed by atoms with Crippen LogP contribution >= 0.6 is 15.9 Å². The maximum Gasteiger partial charge on any atom is 0.373 e. The van der Waals surface area contributed by atoms with Gasteiger partial charge in [-0.05, 0) is 43.5 Å². The van der Waals surface area contributed by atoms with Crippen LogP contribution in [0.15, 0.2) is 35.1 Å². The summed E-state index contributed by atoms with van der Waals surface area (Å²) >= 11 is 3.34. The van der Waals surface area contributed by atoms with Crippen molar-refractivity contribution in [2.24, 2.45) is 0 Å². The molecule has 0 aliphatic carbocycles. The first-order valence-electron chi connectivity index (χ1n) is 7.33. The second-order valence-electron chi connectivity index (χ2n) is 5.21. The molecule has 120 valence electrons. The van der Waals surface area contributed by atoms with Crippen LogP contribution in [0.2, 0.25) is 0 Å². The fraction of sp³-hybridized carbons (Fsp3) is 0.333. The van der Waals surface area contributed by atoms with Crippen LogP contribution in [0.3, 0.4) is 0 Å². The number of anilines is 1. The van der Waals surface area contributed by atoms with Crippen molar-refractivity contribution in [3.63, 3.8) is 0 Å². The van der Waals surface area contributed by atoms with E-state index in [0.29, 0.717) is 11.6 Å². The summed E-state index contributed by atoms with van der Waals surface area (Å²) in [5, 5.41) is 11.5. The van der Waals surface area contributed by atoms with Crippen molar-refractivity contribution in [2.45, 2.75) is 19.3 Å². The van der Waals surface area contributed by atoms with Gasteiger partial charge in [-0.3, -0.25) is 10.1 Å². The van der Waals surface area contributed by atoms with Crippen LogP contribution in [0.1, 0.15) is 19.3 Å². The van der Waals surface area contributed by atoms with Gasteiger partial charge in [0.05, 0.1) is 4.92 Å². The number of nitrogens with zero attached hydrogens (tertiary/aromatic N) is 4. The summed E-state index contributed by atoms with van der Waals surface area (Å²) in [6.45, 7) is 1.52.